The highest BCUT2D eigenvalue weighted by molar-refractivity contribution is 5.84. The second-order valence-corrected chi connectivity index (χ2v) is 3.68. The van der Waals surface area contributed by atoms with Crippen molar-refractivity contribution < 1.29 is 29.5 Å². The van der Waals surface area contributed by atoms with Gasteiger partial charge in [-0.1, -0.05) is 0 Å². The standard InChI is InChI=1S/C11H12N2O7/c14-5-9(11(16)17)12-10(15)6-20-8-3-1-7(2-4-8)13(18)19/h1-4,9,14H,5-6H2,(H,12,15)(H,16,17). The number of ether oxygens (including phenoxy) is 1. The quantitative estimate of drug-likeness (QED) is 0.454. The molecule has 0 fully saturated rings. The van der Waals surface area contributed by atoms with Gasteiger partial charge in [-0.3, -0.25) is 14.9 Å². The van der Waals surface area contributed by atoms with Gasteiger partial charge >= 0.3 is 5.97 Å². The fourth-order valence-electron chi connectivity index (χ4n) is 1.23. The predicted molar refractivity (Wildman–Crippen MR) is 65.2 cm³/mol. The van der Waals surface area contributed by atoms with E-state index < -0.39 is 36.1 Å². The zero-order valence-corrected chi connectivity index (χ0v) is 10.2. The van der Waals surface area contributed by atoms with E-state index in [1.54, 1.807) is 0 Å². The Labute approximate surface area is 112 Å². The number of hydrogen-bond donors (Lipinski definition) is 3. The van der Waals surface area contributed by atoms with Crippen molar-refractivity contribution in [1.82, 2.24) is 5.32 Å². The van der Waals surface area contributed by atoms with Crippen LogP contribution in [0.1, 0.15) is 0 Å². The number of nitrogens with zero attached hydrogens (tertiary/aromatic N) is 1. The van der Waals surface area contributed by atoms with Crippen molar-refractivity contribution in [3.63, 3.8) is 0 Å². The molecule has 0 aliphatic rings. The highest BCUT2D eigenvalue weighted by atomic mass is 16.6. The summed E-state index contributed by atoms with van der Waals surface area (Å²) in [6.45, 7) is -1.21. The Morgan fingerprint density at radius 2 is 1.95 bits per heavy atom. The van der Waals surface area contributed by atoms with Crippen molar-refractivity contribution in [1.29, 1.82) is 0 Å². The molecule has 0 aromatic heterocycles. The first-order valence-corrected chi connectivity index (χ1v) is 5.44. The Morgan fingerprint density at radius 1 is 1.35 bits per heavy atom. The molecule has 0 aliphatic carbocycles. The lowest BCUT2D eigenvalue weighted by Crippen LogP contribution is -2.45. The number of rotatable bonds is 7. The second kappa shape index (κ2) is 7.04. The van der Waals surface area contributed by atoms with E-state index in [-0.39, 0.29) is 11.4 Å². The van der Waals surface area contributed by atoms with Crippen LogP contribution in [-0.2, 0) is 9.59 Å². The van der Waals surface area contributed by atoms with Gasteiger partial charge in [0.25, 0.3) is 11.6 Å². The zero-order chi connectivity index (χ0) is 15.1. The monoisotopic (exact) mass is 284 g/mol. The topological polar surface area (TPSA) is 139 Å². The van der Waals surface area contributed by atoms with Gasteiger partial charge in [-0.25, -0.2) is 4.79 Å². The molecule has 108 valence electrons. The highest BCUT2D eigenvalue weighted by Gasteiger charge is 2.18. The predicted octanol–water partition coefficient (Wildman–Crippen LogP) is -0.465. The first kappa shape index (κ1) is 15.4. The van der Waals surface area contributed by atoms with E-state index in [4.69, 9.17) is 14.9 Å². The molecular weight excluding hydrogens is 272 g/mol. The summed E-state index contributed by atoms with van der Waals surface area (Å²) >= 11 is 0. The van der Waals surface area contributed by atoms with Crippen molar-refractivity contribution in [2.24, 2.45) is 0 Å². The molecule has 1 atom stereocenters. The minimum atomic E-state index is -1.40. The number of amides is 1. The zero-order valence-electron chi connectivity index (χ0n) is 10.2. The van der Waals surface area contributed by atoms with Crippen LogP contribution in [0, 0.1) is 10.1 Å². The third kappa shape index (κ3) is 4.53. The van der Waals surface area contributed by atoms with Crippen LogP contribution >= 0.6 is 0 Å². The number of benzene rings is 1. The first-order valence-electron chi connectivity index (χ1n) is 5.44. The number of carbonyl (C=O) groups excluding carboxylic acids is 1. The van der Waals surface area contributed by atoms with Crippen LogP contribution in [0.15, 0.2) is 24.3 Å². The van der Waals surface area contributed by atoms with Gasteiger partial charge in [0.1, 0.15) is 11.8 Å². The van der Waals surface area contributed by atoms with E-state index in [0.717, 1.165) is 0 Å². The highest BCUT2D eigenvalue weighted by Crippen LogP contribution is 2.16. The van der Waals surface area contributed by atoms with Gasteiger partial charge in [0.2, 0.25) is 0 Å². The number of nitrogens with one attached hydrogen (secondary N) is 1. The number of carboxylic acids is 1. The minimum absolute atomic E-state index is 0.118. The van der Waals surface area contributed by atoms with Crippen LogP contribution in [-0.4, -0.2) is 46.3 Å². The van der Waals surface area contributed by atoms with Gasteiger partial charge in [0.05, 0.1) is 11.5 Å². The summed E-state index contributed by atoms with van der Waals surface area (Å²) in [7, 11) is 0. The Balaban J connectivity index is 2.48. The van der Waals surface area contributed by atoms with Crippen molar-refractivity contribution >= 4 is 17.6 Å². The Hall–Kier alpha value is -2.68. The number of carboxylic acid groups (broad SMARTS) is 1. The van der Waals surface area contributed by atoms with Crippen molar-refractivity contribution in [3.8, 4) is 5.75 Å². The second-order valence-electron chi connectivity index (χ2n) is 3.68. The molecule has 0 spiro atoms. The number of carbonyl (C=O) groups is 2. The lowest BCUT2D eigenvalue weighted by molar-refractivity contribution is -0.384. The number of nitro groups is 1. The van der Waals surface area contributed by atoms with Crippen molar-refractivity contribution in [3.05, 3.63) is 34.4 Å². The SMILES string of the molecule is O=C(COc1ccc([N+](=O)[O-])cc1)NC(CO)C(=O)O. The number of aliphatic hydroxyl groups excluding tert-OH is 1. The average molecular weight is 284 g/mol. The molecule has 20 heavy (non-hydrogen) atoms. The largest absolute Gasteiger partial charge is 0.484 e. The van der Waals surface area contributed by atoms with Gasteiger partial charge in [-0.2, -0.15) is 0 Å². The summed E-state index contributed by atoms with van der Waals surface area (Å²) < 4.78 is 5.02. The van der Waals surface area contributed by atoms with Crippen LogP contribution < -0.4 is 10.1 Å². The summed E-state index contributed by atoms with van der Waals surface area (Å²) in [6.07, 6.45) is 0. The summed E-state index contributed by atoms with van der Waals surface area (Å²) in [5, 5.41) is 29.8. The lowest BCUT2D eigenvalue weighted by atomic mass is 10.3. The Morgan fingerprint density at radius 3 is 2.40 bits per heavy atom. The number of non-ortho nitro benzene ring substituents is 1. The summed E-state index contributed by atoms with van der Waals surface area (Å²) in [6, 6.07) is 3.64. The summed E-state index contributed by atoms with van der Waals surface area (Å²) in [4.78, 5) is 31.8. The Bertz CT molecular complexity index is 500. The summed E-state index contributed by atoms with van der Waals surface area (Å²) in [5.74, 6) is -1.87. The van der Waals surface area contributed by atoms with Crippen LogP contribution in [0.3, 0.4) is 0 Å². The van der Waals surface area contributed by atoms with E-state index in [1.165, 1.54) is 24.3 Å². The molecule has 9 heteroatoms. The van der Waals surface area contributed by atoms with Gasteiger partial charge in [-0.15, -0.1) is 0 Å². The number of hydrogen-bond acceptors (Lipinski definition) is 6. The first-order chi connectivity index (χ1) is 9.43. The third-order valence-corrected chi connectivity index (χ3v) is 2.23. The van der Waals surface area contributed by atoms with Crippen LogP contribution in [0.4, 0.5) is 5.69 Å². The van der Waals surface area contributed by atoms with Gasteiger partial charge in [0.15, 0.2) is 6.61 Å². The molecule has 9 nitrogen and oxygen atoms in total. The Kier molecular flexibility index (Phi) is 5.42. The number of aliphatic hydroxyl groups is 1. The lowest BCUT2D eigenvalue weighted by Gasteiger charge is -2.12. The minimum Gasteiger partial charge on any atom is -0.484 e. The normalized spacial score (nSPS) is 11.4. The average Bonchev–Trinajstić information content (AvgIpc) is 2.42. The van der Waals surface area contributed by atoms with E-state index in [1.807, 2.05) is 5.32 Å². The molecule has 0 saturated carbocycles. The maximum Gasteiger partial charge on any atom is 0.328 e. The number of aliphatic carboxylic acids is 1. The molecule has 1 unspecified atom stereocenters. The van der Waals surface area contributed by atoms with Crippen LogP contribution in [0.5, 0.6) is 5.75 Å². The fourth-order valence-corrected chi connectivity index (χ4v) is 1.23. The fraction of sp³-hybridized carbons (Fsp3) is 0.273. The molecule has 3 N–H and O–H groups in total. The van der Waals surface area contributed by atoms with E-state index in [2.05, 4.69) is 0 Å². The van der Waals surface area contributed by atoms with Gasteiger partial charge < -0.3 is 20.3 Å². The van der Waals surface area contributed by atoms with E-state index in [9.17, 15) is 19.7 Å². The molecule has 1 amide bonds. The van der Waals surface area contributed by atoms with Crippen LogP contribution in [0.25, 0.3) is 0 Å². The molecule has 0 radical (unpaired) electrons. The maximum absolute atomic E-state index is 11.3. The van der Waals surface area contributed by atoms with Crippen molar-refractivity contribution in [2.75, 3.05) is 13.2 Å². The maximum atomic E-state index is 11.3. The smallest absolute Gasteiger partial charge is 0.328 e. The molecule has 0 saturated heterocycles. The van der Waals surface area contributed by atoms with Gasteiger partial charge in [-0.05, 0) is 12.1 Å². The van der Waals surface area contributed by atoms with E-state index >= 15 is 0 Å². The van der Waals surface area contributed by atoms with Gasteiger partial charge in [0, 0.05) is 12.1 Å². The van der Waals surface area contributed by atoms with Crippen molar-refractivity contribution in [2.45, 2.75) is 6.04 Å². The third-order valence-electron chi connectivity index (χ3n) is 2.23. The summed E-state index contributed by atoms with van der Waals surface area (Å²) in [5.41, 5.74) is -0.118. The molecular formula is C11H12N2O7. The molecule has 1 rings (SSSR count). The molecule has 0 heterocycles. The molecule has 0 aliphatic heterocycles. The molecule has 0 bridgehead atoms. The van der Waals surface area contributed by atoms with Crippen LogP contribution in [0.2, 0.25) is 0 Å². The molecule has 1 aromatic rings. The molecule has 1 aromatic carbocycles. The van der Waals surface area contributed by atoms with E-state index in [0.29, 0.717) is 0 Å². The number of nitro benzene ring substituents is 1.